The van der Waals surface area contributed by atoms with Crippen LogP contribution in [-0.2, 0) is 18.1 Å². The number of thiophene rings is 1. The normalized spacial score (nSPS) is 14.2. The molecule has 3 rings (SSSR count). The Labute approximate surface area is 128 Å². The average Bonchev–Trinajstić information content (AvgIpc) is 3.04. The summed E-state index contributed by atoms with van der Waals surface area (Å²) in [4.78, 5) is 18.5. The highest BCUT2D eigenvalue weighted by Crippen LogP contribution is 2.32. The van der Waals surface area contributed by atoms with E-state index in [-0.39, 0.29) is 5.91 Å². The molecule has 100 valence electrons. The van der Waals surface area contributed by atoms with Gasteiger partial charge in [0.1, 0.15) is 0 Å². The van der Waals surface area contributed by atoms with Crippen molar-refractivity contribution in [2.45, 2.75) is 18.1 Å². The Morgan fingerprint density at radius 1 is 1.53 bits per heavy atom. The molecular formula is C12H11ClN2OS3. The molecule has 1 aliphatic rings. The molecule has 7 heteroatoms. The number of hydrogen-bond donors (Lipinski definition) is 1. The maximum Gasteiger partial charge on any atom is 0.267 e. The third-order valence-electron chi connectivity index (χ3n) is 2.76. The molecule has 1 amide bonds. The molecule has 0 fully saturated rings. The van der Waals surface area contributed by atoms with Gasteiger partial charge in [0.15, 0.2) is 5.13 Å². The second-order valence-electron chi connectivity index (χ2n) is 4.09. The number of aryl methyl sites for hydroxylation is 1. The van der Waals surface area contributed by atoms with Gasteiger partial charge in [0.25, 0.3) is 5.91 Å². The van der Waals surface area contributed by atoms with Gasteiger partial charge >= 0.3 is 0 Å². The minimum absolute atomic E-state index is 0.0696. The smallest absolute Gasteiger partial charge is 0.267 e. The van der Waals surface area contributed by atoms with E-state index < -0.39 is 0 Å². The number of nitrogens with one attached hydrogen (secondary N) is 1. The third-order valence-corrected chi connectivity index (χ3v) is 6.08. The predicted octanol–water partition coefficient (Wildman–Crippen LogP) is 3.99. The summed E-state index contributed by atoms with van der Waals surface area (Å²) in [5.74, 6) is 2.48. The van der Waals surface area contributed by atoms with E-state index in [0.717, 1.165) is 28.5 Å². The number of hydrogen-bond acceptors (Lipinski definition) is 5. The number of alkyl halides is 1. The first-order valence-electron chi connectivity index (χ1n) is 5.77. The molecule has 0 saturated heterocycles. The Morgan fingerprint density at radius 3 is 3.16 bits per heavy atom. The minimum atomic E-state index is -0.0696. The number of halogens is 1. The van der Waals surface area contributed by atoms with E-state index in [0.29, 0.717) is 11.0 Å². The molecular weight excluding hydrogens is 320 g/mol. The van der Waals surface area contributed by atoms with Crippen LogP contribution >= 0.6 is 46.0 Å². The Bertz CT molecular complexity index is 584. The Kier molecular flexibility index (Phi) is 4.12. The standard InChI is InChI=1S/C12H11ClN2OS3/c13-4-8-6-18-12(14-8)15-11(16)10-3-7-5-17-2-1-9(7)19-10/h3,6H,1-2,4-5H2,(H,14,15,16). The van der Waals surface area contributed by atoms with Gasteiger partial charge in [0, 0.05) is 16.0 Å². The van der Waals surface area contributed by atoms with Crippen molar-refractivity contribution < 1.29 is 4.79 Å². The molecule has 2 aromatic rings. The summed E-state index contributed by atoms with van der Waals surface area (Å²) in [6.07, 6.45) is 1.07. The third kappa shape index (κ3) is 2.97. The number of aromatic nitrogens is 1. The van der Waals surface area contributed by atoms with Crippen LogP contribution in [0.3, 0.4) is 0 Å². The first kappa shape index (κ1) is 13.4. The molecule has 0 unspecified atom stereocenters. The molecule has 0 radical (unpaired) electrons. The molecule has 0 atom stereocenters. The fourth-order valence-electron chi connectivity index (χ4n) is 1.84. The zero-order valence-corrected chi connectivity index (χ0v) is 13.1. The number of thioether (sulfide) groups is 1. The first-order valence-corrected chi connectivity index (χ1v) is 9.16. The van der Waals surface area contributed by atoms with Crippen molar-refractivity contribution in [1.82, 2.24) is 4.98 Å². The van der Waals surface area contributed by atoms with Crippen molar-refractivity contribution >= 4 is 57.1 Å². The van der Waals surface area contributed by atoms with Gasteiger partial charge in [-0.05, 0) is 23.8 Å². The van der Waals surface area contributed by atoms with Crippen molar-refractivity contribution in [2.24, 2.45) is 0 Å². The second-order valence-corrected chi connectivity index (χ2v) is 7.46. The highest BCUT2D eigenvalue weighted by molar-refractivity contribution is 7.98. The van der Waals surface area contributed by atoms with Crippen molar-refractivity contribution in [3.05, 3.63) is 32.5 Å². The molecule has 3 nitrogen and oxygen atoms in total. The van der Waals surface area contributed by atoms with Gasteiger partial charge in [-0.3, -0.25) is 10.1 Å². The molecule has 19 heavy (non-hydrogen) atoms. The SMILES string of the molecule is O=C(Nc1nc(CCl)cs1)c1cc2c(s1)CCSC2. The van der Waals surface area contributed by atoms with E-state index in [1.54, 1.807) is 11.3 Å². The maximum absolute atomic E-state index is 12.2. The molecule has 3 heterocycles. The molecule has 1 aliphatic heterocycles. The van der Waals surface area contributed by atoms with Crippen LogP contribution in [0.5, 0.6) is 0 Å². The van der Waals surface area contributed by atoms with Crippen LogP contribution in [0.1, 0.15) is 25.8 Å². The van der Waals surface area contributed by atoms with Crippen molar-refractivity contribution in [3.63, 3.8) is 0 Å². The van der Waals surface area contributed by atoms with Crippen molar-refractivity contribution in [3.8, 4) is 0 Å². The second kappa shape index (κ2) is 5.83. The monoisotopic (exact) mass is 330 g/mol. The lowest BCUT2D eigenvalue weighted by Gasteiger charge is -2.08. The van der Waals surface area contributed by atoms with E-state index in [1.807, 2.05) is 23.2 Å². The van der Waals surface area contributed by atoms with Crippen LogP contribution in [0.2, 0.25) is 0 Å². The minimum Gasteiger partial charge on any atom is -0.297 e. The number of rotatable bonds is 3. The lowest BCUT2D eigenvalue weighted by molar-refractivity contribution is 0.103. The number of carbonyl (C=O) groups excluding carboxylic acids is 1. The summed E-state index contributed by atoms with van der Waals surface area (Å²) in [6.45, 7) is 0. The van der Waals surface area contributed by atoms with Crippen molar-refractivity contribution in [1.29, 1.82) is 0 Å². The molecule has 0 bridgehead atoms. The molecule has 0 aliphatic carbocycles. The van der Waals surface area contributed by atoms with E-state index in [1.165, 1.54) is 21.8 Å². The van der Waals surface area contributed by atoms with Gasteiger partial charge in [-0.25, -0.2) is 4.98 Å². The number of carbonyl (C=O) groups is 1. The average molecular weight is 331 g/mol. The topological polar surface area (TPSA) is 42.0 Å². The largest absolute Gasteiger partial charge is 0.297 e. The van der Waals surface area contributed by atoms with Crippen LogP contribution in [0.25, 0.3) is 0 Å². The molecule has 0 aromatic carbocycles. The van der Waals surface area contributed by atoms with Gasteiger partial charge in [-0.15, -0.1) is 34.3 Å². The summed E-state index contributed by atoms with van der Waals surface area (Å²) in [5.41, 5.74) is 2.11. The zero-order valence-electron chi connectivity index (χ0n) is 9.94. The van der Waals surface area contributed by atoms with Crippen LogP contribution in [-0.4, -0.2) is 16.6 Å². The van der Waals surface area contributed by atoms with Crippen LogP contribution in [0.4, 0.5) is 5.13 Å². The number of anilines is 1. The number of fused-ring (bicyclic) bond motifs is 1. The fourth-order valence-corrected chi connectivity index (χ4v) is 5.04. The van der Waals surface area contributed by atoms with Gasteiger partial charge in [-0.1, -0.05) is 0 Å². The molecule has 0 saturated carbocycles. The van der Waals surface area contributed by atoms with Gasteiger partial charge < -0.3 is 0 Å². The molecule has 1 N–H and O–H groups in total. The van der Waals surface area contributed by atoms with Crippen LogP contribution in [0.15, 0.2) is 11.4 Å². The van der Waals surface area contributed by atoms with Crippen molar-refractivity contribution in [2.75, 3.05) is 11.1 Å². The molecule has 0 spiro atoms. The van der Waals surface area contributed by atoms with E-state index in [9.17, 15) is 4.79 Å². The summed E-state index contributed by atoms with van der Waals surface area (Å²) < 4.78 is 0. The summed E-state index contributed by atoms with van der Waals surface area (Å²) >= 11 is 10.6. The van der Waals surface area contributed by atoms with E-state index in [2.05, 4.69) is 10.3 Å². The quantitative estimate of drug-likeness (QED) is 0.865. The van der Waals surface area contributed by atoms with Gasteiger partial charge in [0.2, 0.25) is 0 Å². The number of amides is 1. The number of nitrogens with zero attached hydrogens (tertiary/aromatic N) is 1. The highest BCUT2D eigenvalue weighted by atomic mass is 35.5. The summed E-state index contributed by atoms with van der Waals surface area (Å²) in [7, 11) is 0. The Morgan fingerprint density at radius 2 is 2.42 bits per heavy atom. The predicted molar refractivity (Wildman–Crippen MR) is 83.8 cm³/mol. The zero-order chi connectivity index (χ0) is 13.2. The van der Waals surface area contributed by atoms with E-state index in [4.69, 9.17) is 11.6 Å². The lowest BCUT2D eigenvalue weighted by atomic mass is 10.2. The fraction of sp³-hybridized carbons (Fsp3) is 0.333. The van der Waals surface area contributed by atoms with Gasteiger partial charge in [0.05, 0.1) is 16.5 Å². The summed E-state index contributed by atoms with van der Waals surface area (Å²) in [5, 5.41) is 5.31. The molecule has 2 aromatic heterocycles. The maximum atomic E-state index is 12.2. The highest BCUT2D eigenvalue weighted by Gasteiger charge is 2.18. The lowest BCUT2D eigenvalue weighted by Crippen LogP contribution is -2.09. The van der Waals surface area contributed by atoms with Gasteiger partial charge in [-0.2, -0.15) is 11.8 Å². The summed E-state index contributed by atoms with van der Waals surface area (Å²) in [6, 6.07) is 2.01. The Hall–Kier alpha value is -0.560. The van der Waals surface area contributed by atoms with Crippen LogP contribution in [0, 0.1) is 0 Å². The first-order chi connectivity index (χ1) is 9.26. The number of thiazole rings is 1. The van der Waals surface area contributed by atoms with Crippen LogP contribution < -0.4 is 5.32 Å². The van der Waals surface area contributed by atoms with E-state index >= 15 is 0 Å². The Balaban J connectivity index is 1.74.